The highest BCUT2D eigenvalue weighted by Gasteiger charge is 2.18. The van der Waals surface area contributed by atoms with Crippen LogP contribution in [0, 0.1) is 0 Å². The van der Waals surface area contributed by atoms with Gasteiger partial charge in [-0.1, -0.05) is 334 Å². The molecule has 0 fully saturated rings. The average Bonchev–Trinajstić information content (AvgIpc) is 3.37. The molecule has 0 saturated heterocycles. The van der Waals surface area contributed by atoms with E-state index in [1.54, 1.807) is 6.08 Å². The molecule has 0 bridgehead atoms. The summed E-state index contributed by atoms with van der Waals surface area (Å²) < 4.78 is 5.51. The van der Waals surface area contributed by atoms with Crippen LogP contribution in [0.15, 0.2) is 12.2 Å². The summed E-state index contributed by atoms with van der Waals surface area (Å²) >= 11 is 0. The molecule has 0 aromatic carbocycles. The molecule has 0 saturated carbocycles. The van der Waals surface area contributed by atoms with Crippen LogP contribution in [0.25, 0.3) is 0 Å². The van der Waals surface area contributed by atoms with Crippen LogP contribution >= 0.6 is 0 Å². The van der Waals surface area contributed by atoms with Gasteiger partial charge in [0.2, 0.25) is 5.91 Å². The average molecular weight is 1000 g/mol. The van der Waals surface area contributed by atoms with Gasteiger partial charge in [0.15, 0.2) is 0 Å². The van der Waals surface area contributed by atoms with Crippen LogP contribution < -0.4 is 5.32 Å². The number of carbonyl (C=O) groups is 2. The van der Waals surface area contributed by atoms with Gasteiger partial charge in [0.25, 0.3) is 0 Å². The SMILES string of the molecule is CCCCCCCCCCCC/C=C/C(O)C(CO)NC(=O)CCCCCCCCCCCCCCCCCCCCCCCCCCOC(=O)CCCCCCCCCCCCCCCCCCCC. The van der Waals surface area contributed by atoms with Crippen molar-refractivity contribution in [2.45, 2.75) is 379 Å². The van der Waals surface area contributed by atoms with Gasteiger partial charge < -0.3 is 20.3 Å². The fourth-order valence-corrected chi connectivity index (χ4v) is 10.3. The molecule has 1 amide bonds. The van der Waals surface area contributed by atoms with E-state index in [0.29, 0.717) is 19.4 Å². The molecule has 0 aliphatic rings. The molecule has 71 heavy (non-hydrogen) atoms. The molecule has 0 heterocycles. The smallest absolute Gasteiger partial charge is 0.305 e. The van der Waals surface area contributed by atoms with E-state index in [2.05, 4.69) is 19.2 Å². The largest absolute Gasteiger partial charge is 0.466 e. The molecule has 0 aliphatic heterocycles. The summed E-state index contributed by atoms with van der Waals surface area (Å²) in [5.41, 5.74) is 0. The van der Waals surface area contributed by atoms with Crippen molar-refractivity contribution < 1.29 is 24.5 Å². The molecule has 6 heteroatoms. The third-order valence-corrected chi connectivity index (χ3v) is 15.3. The number of allylic oxidation sites excluding steroid dienone is 1. The first-order valence-electron chi connectivity index (χ1n) is 32.5. The normalized spacial score (nSPS) is 12.6. The number of hydrogen-bond acceptors (Lipinski definition) is 5. The Labute approximate surface area is 444 Å². The summed E-state index contributed by atoms with van der Waals surface area (Å²) in [4.78, 5) is 24.5. The topological polar surface area (TPSA) is 95.9 Å². The molecule has 3 N–H and O–H groups in total. The molecule has 0 aliphatic carbocycles. The van der Waals surface area contributed by atoms with Crippen LogP contribution in [-0.4, -0.2) is 47.4 Å². The van der Waals surface area contributed by atoms with Crippen LogP contribution in [0.3, 0.4) is 0 Å². The zero-order valence-electron chi connectivity index (χ0n) is 48.2. The number of ether oxygens (including phenoxy) is 1. The van der Waals surface area contributed by atoms with Crippen molar-refractivity contribution in [3.8, 4) is 0 Å². The maximum atomic E-state index is 12.4. The summed E-state index contributed by atoms with van der Waals surface area (Å²) in [6.07, 6.45) is 74.1. The number of nitrogens with one attached hydrogen (secondary N) is 1. The first-order chi connectivity index (χ1) is 35.0. The van der Waals surface area contributed by atoms with Gasteiger partial charge in [-0.15, -0.1) is 0 Å². The minimum atomic E-state index is -0.842. The molecule has 422 valence electrons. The zero-order valence-corrected chi connectivity index (χ0v) is 48.2. The van der Waals surface area contributed by atoms with Crippen molar-refractivity contribution in [1.29, 1.82) is 0 Å². The highest BCUT2D eigenvalue weighted by molar-refractivity contribution is 5.76. The van der Waals surface area contributed by atoms with Crippen molar-refractivity contribution in [3.05, 3.63) is 12.2 Å². The Balaban J connectivity index is 3.34. The molecule has 0 spiro atoms. The summed E-state index contributed by atoms with van der Waals surface area (Å²) in [6, 6.07) is -0.625. The lowest BCUT2D eigenvalue weighted by atomic mass is 10.0. The predicted octanol–water partition coefficient (Wildman–Crippen LogP) is 20.4. The Morgan fingerprint density at radius 1 is 0.380 bits per heavy atom. The lowest BCUT2D eigenvalue weighted by Crippen LogP contribution is -2.45. The first-order valence-corrected chi connectivity index (χ1v) is 32.5. The summed E-state index contributed by atoms with van der Waals surface area (Å²) in [7, 11) is 0. The summed E-state index contributed by atoms with van der Waals surface area (Å²) in [5.74, 6) is -0.0457. The van der Waals surface area contributed by atoms with Gasteiger partial charge in [-0.05, 0) is 32.1 Å². The number of carbonyl (C=O) groups excluding carboxylic acids is 2. The molecular formula is C65H127NO5. The molecular weight excluding hydrogens is 875 g/mol. The summed E-state index contributed by atoms with van der Waals surface area (Å²) in [5, 5.41) is 23.1. The van der Waals surface area contributed by atoms with Gasteiger partial charge in [0.05, 0.1) is 25.4 Å². The third-order valence-electron chi connectivity index (χ3n) is 15.3. The number of hydrogen-bond donors (Lipinski definition) is 3. The third kappa shape index (κ3) is 57.7. The molecule has 2 atom stereocenters. The second kappa shape index (κ2) is 61.1. The van der Waals surface area contributed by atoms with E-state index in [1.165, 1.54) is 302 Å². The van der Waals surface area contributed by atoms with Crippen molar-refractivity contribution in [1.82, 2.24) is 5.32 Å². The van der Waals surface area contributed by atoms with Crippen LogP contribution in [0.5, 0.6) is 0 Å². The van der Waals surface area contributed by atoms with Gasteiger partial charge in [0, 0.05) is 12.8 Å². The van der Waals surface area contributed by atoms with Gasteiger partial charge in [-0.25, -0.2) is 0 Å². The van der Waals surface area contributed by atoms with Crippen molar-refractivity contribution in [2.75, 3.05) is 13.2 Å². The lowest BCUT2D eigenvalue weighted by molar-refractivity contribution is -0.143. The Morgan fingerprint density at radius 3 is 0.958 bits per heavy atom. The van der Waals surface area contributed by atoms with E-state index >= 15 is 0 Å². The highest BCUT2D eigenvalue weighted by Crippen LogP contribution is 2.18. The Kier molecular flexibility index (Phi) is 59.9. The Morgan fingerprint density at radius 2 is 0.648 bits per heavy atom. The van der Waals surface area contributed by atoms with Crippen molar-refractivity contribution in [2.24, 2.45) is 0 Å². The van der Waals surface area contributed by atoms with Crippen LogP contribution in [0.4, 0.5) is 0 Å². The second-order valence-corrected chi connectivity index (χ2v) is 22.5. The van der Waals surface area contributed by atoms with E-state index in [0.717, 1.165) is 38.5 Å². The first kappa shape index (κ1) is 69.6. The lowest BCUT2D eigenvalue weighted by Gasteiger charge is -2.20. The number of unbranched alkanes of at least 4 members (excludes halogenated alkanes) is 50. The van der Waals surface area contributed by atoms with Crippen LogP contribution in [-0.2, 0) is 14.3 Å². The standard InChI is InChI=1S/C65H127NO5/c1-3-5-7-9-11-13-15-17-18-19-29-32-35-39-43-47-51-55-59-65(70)71-60-56-52-48-44-40-36-33-30-27-25-23-21-20-22-24-26-28-31-34-38-42-46-50-54-58-64(69)66-62(61-67)63(68)57-53-49-45-41-37-16-14-12-10-8-6-4-2/h53,57,62-63,67-68H,3-52,54-56,58-61H2,1-2H3,(H,66,69)/b57-53+. The van der Waals surface area contributed by atoms with Gasteiger partial charge >= 0.3 is 5.97 Å². The molecule has 6 nitrogen and oxygen atoms in total. The van der Waals surface area contributed by atoms with E-state index in [4.69, 9.17) is 4.74 Å². The second-order valence-electron chi connectivity index (χ2n) is 22.5. The number of esters is 1. The number of rotatable bonds is 61. The Bertz CT molecular complexity index is 1060. The van der Waals surface area contributed by atoms with Crippen molar-refractivity contribution in [3.63, 3.8) is 0 Å². The van der Waals surface area contributed by atoms with E-state index < -0.39 is 12.1 Å². The fraction of sp³-hybridized carbons (Fsp3) is 0.938. The number of aliphatic hydroxyl groups excluding tert-OH is 2. The number of amides is 1. The fourth-order valence-electron chi connectivity index (χ4n) is 10.3. The van der Waals surface area contributed by atoms with E-state index in [9.17, 15) is 19.8 Å². The minimum absolute atomic E-state index is 0.0200. The summed E-state index contributed by atoms with van der Waals surface area (Å²) in [6.45, 7) is 4.93. The zero-order chi connectivity index (χ0) is 51.4. The minimum Gasteiger partial charge on any atom is -0.466 e. The van der Waals surface area contributed by atoms with E-state index in [-0.39, 0.29) is 18.5 Å². The van der Waals surface area contributed by atoms with Gasteiger partial charge in [-0.3, -0.25) is 9.59 Å². The monoisotopic (exact) mass is 1000 g/mol. The van der Waals surface area contributed by atoms with Gasteiger partial charge in [0.1, 0.15) is 0 Å². The molecule has 2 unspecified atom stereocenters. The van der Waals surface area contributed by atoms with E-state index in [1.807, 2.05) is 6.08 Å². The molecule has 0 radical (unpaired) electrons. The maximum absolute atomic E-state index is 12.4. The molecule has 0 aromatic rings. The molecule has 0 aromatic heterocycles. The predicted molar refractivity (Wildman–Crippen MR) is 310 cm³/mol. The van der Waals surface area contributed by atoms with Crippen LogP contribution in [0.2, 0.25) is 0 Å². The number of aliphatic hydroxyl groups is 2. The quantitative estimate of drug-likeness (QED) is 0.0320. The van der Waals surface area contributed by atoms with Gasteiger partial charge in [-0.2, -0.15) is 0 Å². The van der Waals surface area contributed by atoms with Crippen LogP contribution in [0.1, 0.15) is 367 Å². The molecule has 0 rings (SSSR count). The maximum Gasteiger partial charge on any atom is 0.305 e. The van der Waals surface area contributed by atoms with Crippen molar-refractivity contribution >= 4 is 11.9 Å². The Hall–Kier alpha value is -1.40. The highest BCUT2D eigenvalue weighted by atomic mass is 16.5.